The van der Waals surface area contributed by atoms with Gasteiger partial charge in [0.25, 0.3) is 0 Å². The van der Waals surface area contributed by atoms with Crippen LogP contribution in [0.3, 0.4) is 0 Å². The zero-order valence-electron chi connectivity index (χ0n) is 11.9. The molecule has 0 atom stereocenters. The molecule has 0 aliphatic carbocycles. The second-order valence-corrected chi connectivity index (χ2v) is 4.97. The molecule has 0 bridgehead atoms. The molecule has 2 rings (SSSR count). The monoisotopic (exact) mass is 264 g/mol. The van der Waals surface area contributed by atoms with Crippen molar-refractivity contribution in [3.05, 3.63) is 23.9 Å². The molecule has 0 saturated carbocycles. The van der Waals surface area contributed by atoms with Crippen LogP contribution in [0.4, 0.5) is 5.82 Å². The van der Waals surface area contributed by atoms with E-state index in [1.807, 2.05) is 13.2 Å². The number of hydrogen-bond donors (Lipinski definition) is 1. The van der Waals surface area contributed by atoms with Gasteiger partial charge in [-0.05, 0) is 11.6 Å². The van der Waals surface area contributed by atoms with Gasteiger partial charge in [0, 0.05) is 59.6 Å². The number of anilines is 1. The highest BCUT2D eigenvalue weighted by molar-refractivity contribution is 5.38. The molecule has 0 aromatic carbocycles. The lowest BCUT2D eigenvalue weighted by atomic mass is 10.2. The van der Waals surface area contributed by atoms with Gasteiger partial charge in [-0.2, -0.15) is 0 Å². The molecule has 5 heteroatoms. The summed E-state index contributed by atoms with van der Waals surface area (Å²) in [6.07, 6.45) is 1.99. The van der Waals surface area contributed by atoms with Gasteiger partial charge in [-0.25, -0.2) is 4.98 Å². The summed E-state index contributed by atoms with van der Waals surface area (Å²) in [7, 11) is 3.76. The van der Waals surface area contributed by atoms with Crippen LogP contribution in [0.15, 0.2) is 18.3 Å². The van der Waals surface area contributed by atoms with Crippen molar-refractivity contribution < 1.29 is 4.74 Å². The quantitative estimate of drug-likeness (QED) is 0.813. The van der Waals surface area contributed by atoms with E-state index >= 15 is 0 Å². The number of pyridine rings is 1. The van der Waals surface area contributed by atoms with E-state index in [2.05, 4.69) is 32.2 Å². The summed E-state index contributed by atoms with van der Waals surface area (Å²) < 4.78 is 5.08. The fraction of sp³-hybridized carbons (Fsp3) is 0.643. The summed E-state index contributed by atoms with van der Waals surface area (Å²) in [6.45, 7) is 7.00. The normalized spacial score (nSPS) is 16.5. The Kier molecular flexibility index (Phi) is 5.57. The maximum atomic E-state index is 5.08. The Morgan fingerprint density at radius 1 is 1.37 bits per heavy atom. The fourth-order valence-electron chi connectivity index (χ4n) is 2.21. The summed E-state index contributed by atoms with van der Waals surface area (Å²) >= 11 is 0. The minimum atomic E-state index is 0.723. The van der Waals surface area contributed by atoms with E-state index in [9.17, 15) is 0 Å². The maximum Gasteiger partial charge on any atom is 0.128 e. The predicted molar refractivity (Wildman–Crippen MR) is 77.5 cm³/mol. The van der Waals surface area contributed by atoms with Gasteiger partial charge in [-0.1, -0.05) is 6.07 Å². The van der Waals surface area contributed by atoms with Gasteiger partial charge in [0.05, 0.1) is 6.61 Å². The summed E-state index contributed by atoms with van der Waals surface area (Å²) in [5, 5.41) is 3.37. The van der Waals surface area contributed by atoms with Crippen LogP contribution in [0.2, 0.25) is 0 Å². The molecule has 1 fully saturated rings. The van der Waals surface area contributed by atoms with Crippen molar-refractivity contribution in [2.24, 2.45) is 0 Å². The molecular formula is C14H24N4O. The first kappa shape index (κ1) is 14.2. The predicted octanol–water partition coefficient (Wildman–Crippen LogP) is 0.569. The highest BCUT2D eigenvalue weighted by atomic mass is 16.5. The Morgan fingerprint density at radius 2 is 2.16 bits per heavy atom. The standard InChI is InChI=1S/C14H24N4O/c1-17(9-10-19-2)14-4-3-13(11-16-14)12-18-7-5-15-6-8-18/h3-4,11,15H,5-10,12H2,1-2H3. The Bertz CT molecular complexity index is 362. The van der Waals surface area contributed by atoms with Crippen LogP contribution in [-0.2, 0) is 11.3 Å². The van der Waals surface area contributed by atoms with Crippen molar-refractivity contribution in [2.75, 3.05) is 58.4 Å². The highest BCUT2D eigenvalue weighted by Crippen LogP contribution is 2.11. The second kappa shape index (κ2) is 7.43. The zero-order chi connectivity index (χ0) is 13.5. The number of nitrogens with one attached hydrogen (secondary N) is 1. The lowest BCUT2D eigenvalue weighted by Crippen LogP contribution is -2.42. The average molecular weight is 264 g/mol. The van der Waals surface area contributed by atoms with Crippen molar-refractivity contribution in [1.29, 1.82) is 0 Å². The van der Waals surface area contributed by atoms with Crippen LogP contribution in [0, 0.1) is 0 Å². The lowest BCUT2D eigenvalue weighted by molar-refractivity contribution is 0.206. The van der Waals surface area contributed by atoms with E-state index in [1.165, 1.54) is 5.56 Å². The molecular weight excluding hydrogens is 240 g/mol. The minimum absolute atomic E-state index is 0.723. The van der Waals surface area contributed by atoms with Crippen molar-refractivity contribution in [3.63, 3.8) is 0 Å². The van der Waals surface area contributed by atoms with E-state index in [-0.39, 0.29) is 0 Å². The van der Waals surface area contributed by atoms with E-state index in [4.69, 9.17) is 4.74 Å². The molecule has 0 spiro atoms. The van der Waals surface area contributed by atoms with Crippen LogP contribution in [0.5, 0.6) is 0 Å². The molecule has 5 nitrogen and oxygen atoms in total. The molecule has 106 valence electrons. The van der Waals surface area contributed by atoms with Crippen molar-refractivity contribution in [3.8, 4) is 0 Å². The molecule has 1 aliphatic heterocycles. The Labute approximate surface area is 115 Å². The molecule has 2 heterocycles. The number of piperazine rings is 1. The molecule has 1 aromatic rings. The third-order valence-electron chi connectivity index (χ3n) is 3.45. The number of nitrogens with zero attached hydrogens (tertiary/aromatic N) is 3. The number of aromatic nitrogens is 1. The van der Waals surface area contributed by atoms with Gasteiger partial charge in [0.1, 0.15) is 5.82 Å². The molecule has 0 radical (unpaired) electrons. The number of hydrogen-bond acceptors (Lipinski definition) is 5. The summed E-state index contributed by atoms with van der Waals surface area (Å²) in [5.41, 5.74) is 1.28. The molecule has 0 unspecified atom stereocenters. The largest absolute Gasteiger partial charge is 0.383 e. The van der Waals surface area contributed by atoms with Crippen LogP contribution >= 0.6 is 0 Å². The summed E-state index contributed by atoms with van der Waals surface area (Å²) in [5.74, 6) is 1.00. The number of methoxy groups -OCH3 is 1. The van der Waals surface area contributed by atoms with E-state index in [0.717, 1.165) is 51.7 Å². The van der Waals surface area contributed by atoms with Crippen molar-refractivity contribution in [2.45, 2.75) is 6.54 Å². The lowest BCUT2D eigenvalue weighted by Gasteiger charge is -2.27. The highest BCUT2D eigenvalue weighted by Gasteiger charge is 2.10. The van der Waals surface area contributed by atoms with Gasteiger partial charge in [0.15, 0.2) is 0 Å². The summed E-state index contributed by atoms with van der Waals surface area (Å²) in [6, 6.07) is 4.26. The van der Waals surface area contributed by atoms with Crippen LogP contribution < -0.4 is 10.2 Å². The van der Waals surface area contributed by atoms with Gasteiger partial charge in [-0.3, -0.25) is 4.90 Å². The molecule has 19 heavy (non-hydrogen) atoms. The van der Waals surface area contributed by atoms with Gasteiger partial charge in [0.2, 0.25) is 0 Å². The van der Waals surface area contributed by atoms with E-state index in [1.54, 1.807) is 7.11 Å². The van der Waals surface area contributed by atoms with E-state index in [0.29, 0.717) is 0 Å². The van der Waals surface area contributed by atoms with Crippen molar-refractivity contribution >= 4 is 5.82 Å². The number of ether oxygens (including phenoxy) is 1. The smallest absolute Gasteiger partial charge is 0.128 e. The minimum Gasteiger partial charge on any atom is -0.383 e. The molecule has 1 aromatic heterocycles. The first-order valence-electron chi connectivity index (χ1n) is 6.87. The number of likely N-dealkylation sites (N-methyl/N-ethyl adjacent to an activating group) is 1. The Morgan fingerprint density at radius 3 is 2.79 bits per heavy atom. The van der Waals surface area contributed by atoms with Gasteiger partial charge in [-0.15, -0.1) is 0 Å². The topological polar surface area (TPSA) is 40.6 Å². The third kappa shape index (κ3) is 4.45. The van der Waals surface area contributed by atoms with Crippen LogP contribution in [0.25, 0.3) is 0 Å². The molecule has 0 amide bonds. The number of rotatable bonds is 6. The first-order valence-corrected chi connectivity index (χ1v) is 6.87. The average Bonchev–Trinajstić information content (AvgIpc) is 2.46. The Hall–Kier alpha value is -1.17. The van der Waals surface area contributed by atoms with Crippen LogP contribution in [0.1, 0.15) is 5.56 Å². The van der Waals surface area contributed by atoms with Crippen LogP contribution in [-0.4, -0.2) is 63.4 Å². The molecule has 1 saturated heterocycles. The second-order valence-electron chi connectivity index (χ2n) is 4.97. The maximum absolute atomic E-state index is 5.08. The SMILES string of the molecule is COCCN(C)c1ccc(CN2CCNCC2)cn1. The third-order valence-corrected chi connectivity index (χ3v) is 3.45. The van der Waals surface area contributed by atoms with Gasteiger partial charge < -0.3 is 15.0 Å². The van der Waals surface area contributed by atoms with E-state index < -0.39 is 0 Å². The van der Waals surface area contributed by atoms with Gasteiger partial charge >= 0.3 is 0 Å². The zero-order valence-corrected chi connectivity index (χ0v) is 11.9. The van der Waals surface area contributed by atoms with Crippen molar-refractivity contribution in [1.82, 2.24) is 15.2 Å². The summed E-state index contributed by atoms with van der Waals surface area (Å²) in [4.78, 5) is 9.09. The first-order chi connectivity index (χ1) is 9.29. The molecule has 1 N–H and O–H groups in total. The fourth-order valence-corrected chi connectivity index (χ4v) is 2.21. The molecule has 1 aliphatic rings. The Balaban J connectivity index is 1.86.